The number of thiocarbonyl (C=S) groups is 1. The first-order valence-electron chi connectivity index (χ1n) is 6.34. The molecule has 1 saturated heterocycles. The van der Waals surface area contributed by atoms with Crippen molar-refractivity contribution in [2.75, 3.05) is 31.7 Å². The minimum Gasteiger partial charge on any atom is -0.388 e. The lowest BCUT2D eigenvalue weighted by Gasteiger charge is -2.26. The molecule has 0 bridgehead atoms. The Hall–Kier alpha value is -1.51. The van der Waals surface area contributed by atoms with Crippen LogP contribution in [0.1, 0.15) is 0 Å². The average Bonchev–Trinajstić information content (AvgIpc) is 2.49. The summed E-state index contributed by atoms with van der Waals surface area (Å²) in [5.41, 5.74) is 9.19. The molecule has 3 N–H and O–H groups in total. The Morgan fingerprint density at radius 1 is 1.33 bits per heavy atom. The molecule has 0 aromatic heterocycles. The maximum absolute atomic E-state index is 12.3. The van der Waals surface area contributed by atoms with Crippen LogP contribution in [0.2, 0.25) is 0 Å². The van der Waals surface area contributed by atoms with E-state index in [1.165, 1.54) is 0 Å². The molecule has 0 aliphatic carbocycles. The van der Waals surface area contributed by atoms with Gasteiger partial charge in [-0.15, -0.1) is 0 Å². The Morgan fingerprint density at radius 3 is 2.52 bits per heavy atom. The predicted octanol–water partition coefficient (Wildman–Crippen LogP) is 1.36. The largest absolute Gasteiger partial charge is 0.388 e. The number of amides is 1. The number of rotatable bonds is 4. The molecule has 1 aliphatic rings. The number of halogens is 1. The van der Waals surface area contributed by atoms with E-state index in [4.69, 9.17) is 22.7 Å². The highest BCUT2D eigenvalue weighted by Gasteiger charge is 2.23. The summed E-state index contributed by atoms with van der Waals surface area (Å²) >= 11 is 8.27. The fourth-order valence-electron chi connectivity index (χ4n) is 1.77. The van der Waals surface area contributed by atoms with Gasteiger partial charge in [-0.2, -0.15) is 5.10 Å². The molecule has 0 saturated carbocycles. The smallest absolute Gasteiger partial charge is 0.277 e. The average molecular weight is 371 g/mol. The van der Waals surface area contributed by atoms with Crippen LogP contribution in [0.5, 0.6) is 0 Å². The van der Waals surface area contributed by atoms with E-state index in [0.29, 0.717) is 26.3 Å². The monoisotopic (exact) mass is 370 g/mol. The van der Waals surface area contributed by atoms with Crippen molar-refractivity contribution in [3.8, 4) is 0 Å². The number of anilines is 1. The zero-order chi connectivity index (χ0) is 15.2. The van der Waals surface area contributed by atoms with Gasteiger partial charge in [-0.05, 0) is 24.3 Å². The van der Waals surface area contributed by atoms with Crippen molar-refractivity contribution < 1.29 is 9.53 Å². The molecule has 21 heavy (non-hydrogen) atoms. The summed E-state index contributed by atoms with van der Waals surface area (Å²) in [6.45, 7) is 2.05. The first kappa shape index (κ1) is 15.9. The summed E-state index contributed by atoms with van der Waals surface area (Å²) in [5, 5.41) is 4.05. The van der Waals surface area contributed by atoms with E-state index in [0.717, 1.165) is 10.2 Å². The lowest BCUT2D eigenvalue weighted by Crippen LogP contribution is -2.47. The van der Waals surface area contributed by atoms with E-state index in [1.54, 1.807) is 4.90 Å². The molecule has 1 heterocycles. The SMILES string of the molecule is NC(=S)/C(=N/Nc1ccc(Br)cc1)C(=O)N1CCOCC1. The molecule has 0 spiro atoms. The van der Waals surface area contributed by atoms with Crippen molar-refractivity contribution in [1.82, 2.24) is 4.90 Å². The lowest BCUT2D eigenvalue weighted by atomic mass is 10.3. The van der Waals surface area contributed by atoms with E-state index in [2.05, 4.69) is 26.5 Å². The Balaban J connectivity index is 2.10. The van der Waals surface area contributed by atoms with Gasteiger partial charge in [-0.1, -0.05) is 28.1 Å². The molecule has 112 valence electrons. The van der Waals surface area contributed by atoms with Crippen LogP contribution < -0.4 is 11.2 Å². The standard InChI is InChI=1S/C13H15BrN4O2S/c14-9-1-3-10(4-2-9)16-17-11(12(15)21)13(19)18-5-7-20-8-6-18/h1-4,16H,5-8H2,(H2,15,21)/b17-11-. The molecule has 1 aromatic carbocycles. The molecule has 1 fully saturated rings. The second-order valence-corrected chi connectivity index (χ2v) is 5.70. The summed E-state index contributed by atoms with van der Waals surface area (Å²) in [5.74, 6) is -0.282. The number of hydrogen-bond acceptors (Lipinski definition) is 5. The summed E-state index contributed by atoms with van der Waals surface area (Å²) in [6, 6.07) is 7.37. The van der Waals surface area contributed by atoms with Gasteiger partial charge in [0.25, 0.3) is 5.91 Å². The van der Waals surface area contributed by atoms with Crippen LogP contribution in [0, 0.1) is 0 Å². The normalized spacial score (nSPS) is 15.7. The van der Waals surface area contributed by atoms with E-state index in [9.17, 15) is 4.79 Å². The van der Waals surface area contributed by atoms with Gasteiger partial charge in [0.15, 0.2) is 5.71 Å². The quantitative estimate of drug-likeness (QED) is 0.475. The maximum atomic E-state index is 12.3. The number of hydrogen-bond donors (Lipinski definition) is 2. The molecular weight excluding hydrogens is 356 g/mol. The van der Waals surface area contributed by atoms with E-state index in [-0.39, 0.29) is 16.6 Å². The zero-order valence-corrected chi connectivity index (χ0v) is 13.6. The van der Waals surface area contributed by atoms with Crippen molar-refractivity contribution in [2.24, 2.45) is 10.8 Å². The lowest BCUT2D eigenvalue weighted by molar-refractivity contribution is -0.127. The number of nitrogens with zero attached hydrogens (tertiary/aromatic N) is 2. The van der Waals surface area contributed by atoms with Crippen LogP contribution in [-0.4, -0.2) is 47.8 Å². The minimum absolute atomic E-state index is 0.0314. The van der Waals surface area contributed by atoms with Crippen molar-refractivity contribution in [1.29, 1.82) is 0 Å². The predicted molar refractivity (Wildman–Crippen MR) is 89.4 cm³/mol. The van der Waals surface area contributed by atoms with Gasteiger partial charge in [-0.3, -0.25) is 10.2 Å². The highest BCUT2D eigenvalue weighted by molar-refractivity contribution is 9.10. The van der Waals surface area contributed by atoms with Crippen molar-refractivity contribution in [2.45, 2.75) is 0 Å². The van der Waals surface area contributed by atoms with Gasteiger partial charge >= 0.3 is 0 Å². The van der Waals surface area contributed by atoms with Gasteiger partial charge in [0.2, 0.25) is 0 Å². The number of nitrogens with one attached hydrogen (secondary N) is 1. The number of morpholine rings is 1. The maximum Gasteiger partial charge on any atom is 0.277 e. The zero-order valence-electron chi connectivity index (χ0n) is 11.2. The Morgan fingerprint density at radius 2 is 1.95 bits per heavy atom. The number of nitrogens with two attached hydrogens (primary N) is 1. The summed E-state index contributed by atoms with van der Waals surface area (Å²) in [6.07, 6.45) is 0. The molecule has 0 radical (unpaired) electrons. The Bertz CT molecular complexity index is 556. The molecule has 2 rings (SSSR count). The fourth-order valence-corrected chi connectivity index (χ4v) is 2.17. The highest BCUT2D eigenvalue weighted by Crippen LogP contribution is 2.14. The van der Waals surface area contributed by atoms with Gasteiger partial charge in [-0.25, -0.2) is 0 Å². The number of carbonyl (C=O) groups is 1. The van der Waals surface area contributed by atoms with Crippen LogP contribution in [0.4, 0.5) is 5.69 Å². The minimum atomic E-state index is -0.282. The van der Waals surface area contributed by atoms with E-state index < -0.39 is 0 Å². The second-order valence-electron chi connectivity index (χ2n) is 4.35. The molecular formula is C13H15BrN4O2S. The van der Waals surface area contributed by atoms with Gasteiger partial charge < -0.3 is 15.4 Å². The third kappa shape index (κ3) is 4.48. The van der Waals surface area contributed by atoms with Crippen molar-refractivity contribution in [3.63, 3.8) is 0 Å². The second kappa shape index (κ2) is 7.48. The van der Waals surface area contributed by atoms with Crippen molar-refractivity contribution in [3.05, 3.63) is 28.7 Å². The number of ether oxygens (including phenoxy) is 1. The van der Waals surface area contributed by atoms with Crippen LogP contribution in [0.15, 0.2) is 33.8 Å². The van der Waals surface area contributed by atoms with Crippen LogP contribution in [0.3, 0.4) is 0 Å². The molecule has 1 amide bonds. The third-order valence-corrected chi connectivity index (χ3v) is 3.60. The number of hydrazone groups is 1. The molecule has 1 aromatic rings. The van der Waals surface area contributed by atoms with Gasteiger partial charge in [0, 0.05) is 17.6 Å². The third-order valence-electron chi connectivity index (χ3n) is 2.88. The van der Waals surface area contributed by atoms with Crippen LogP contribution in [0.25, 0.3) is 0 Å². The summed E-state index contributed by atoms with van der Waals surface area (Å²) < 4.78 is 6.17. The first-order chi connectivity index (χ1) is 10.1. The summed E-state index contributed by atoms with van der Waals surface area (Å²) in [7, 11) is 0. The van der Waals surface area contributed by atoms with Crippen LogP contribution >= 0.6 is 28.1 Å². The number of benzene rings is 1. The first-order valence-corrected chi connectivity index (χ1v) is 7.54. The Labute approximate surface area is 136 Å². The molecule has 1 aliphatic heterocycles. The van der Waals surface area contributed by atoms with Crippen molar-refractivity contribution >= 4 is 50.4 Å². The molecule has 6 nitrogen and oxygen atoms in total. The topological polar surface area (TPSA) is 79.9 Å². The van der Waals surface area contributed by atoms with E-state index >= 15 is 0 Å². The molecule has 0 atom stereocenters. The molecule has 8 heteroatoms. The highest BCUT2D eigenvalue weighted by atomic mass is 79.9. The molecule has 0 unspecified atom stereocenters. The summed E-state index contributed by atoms with van der Waals surface area (Å²) in [4.78, 5) is 13.9. The fraction of sp³-hybridized carbons (Fsp3) is 0.308. The van der Waals surface area contributed by atoms with E-state index in [1.807, 2.05) is 24.3 Å². The van der Waals surface area contributed by atoms with Gasteiger partial charge in [0.05, 0.1) is 18.9 Å². The Kier molecular flexibility index (Phi) is 5.66. The van der Waals surface area contributed by atoms with Gasteiger partial charge in [0.1, 0.15) is 4.99 Å². The van der Waals surface area contributed by atoms with Crippen LogP contribution in [-0.2, 0) is 9.53 Å². The number of carbonyl (C=O) groups excluding carboxylic acids is 1.